The number of nitrogens with zero attached hydrogens (tertiary/aromatic N) is 1. The molecule has 152 valence electrons. The van der Waals surface area contributed by atoms with E-state index < -0.39 is 21.5 Å². The van der Waals surface area contributed by atoms with Gasteiger partial charge < -0.3 is 0 Å². The summed E-state index contributed by atoms with van der Waals surface area (Å²) < 4.78 is 29.5. The monoisotopic (exact) mass is 397 g/mol. The third kappa shape index (κ3) is 5.53. The molecule has 1 unspecified atom stereocenters. The molecule has 0 saturated heterocycles. The molecule has 1 aromatic carbocycles. The molecule has 0 radical (unpaired) electrons. The molecule has 0 bridgehead atoms. The summed E-state index contributed by atoms with van der Waals surface area (Å²) in [6.07, 6.45) is 4.58. The van der Waals surface area contributed by atoms with Gasteiger partial charge in [0.2, 0.25) is 0 Å². The predicted molar refractivity (Wildman–Crippen MR) is 106 cm³/mol. The number of hydrogen-bond donors (Lipinski definition) is 1. The SMILES string of the molecule is CCC(C)(C)C(OO)c1ccc(/C(C)=N\OS(=O)(=O)C2CCCCC2)cc1. The first-order valence-electron chi connectivity index (χ1n) is 9.59. The lowest BCUT2D eigenvalue weighted by Gasteiger charge is -2.31. The second-order valence-corrected chi connectivity index (χ2v) is 9.75. The Kier molecular flexibility index (Phi) is 7.42. The average molecular weight is 398 g/mol. The normalized spacial score (nSPS) is 18.3. The van der Waals surface area contributed by atoms with E-state index in [9.17, 15) is 13.7 Å². The zero-order valence-electron chi connectivity index (χ0n) is 16.6. The summed E-state index contributed by atoms with van der Waals surface area (Å²) in [5, 5.41) is 12.7. The Morgan fingerprint density at radius 3 is 2.33 bits per heavy atom. The molecule has 0 aromatic heterocycles. The molecule has 1 aliphatic carbocycles. The van der Waals surface area contributed by atoms with Crippen LogP contribution in [0.15, 0.2) is 29.4 Å². The van der Waals surface area contributed by atoms with Crippen molar-refractivity contribution >= 4 is 15.8 Å². The maximum absolute atomic E-state index is 12.3. The largest absolute Gasteiger partial charge is 0.331 e. The van der Waals surface area contributed by atoms with Gasteiger partial charge in [-0.3, -0.25) is 9.54 Å². The van der Waals surface area contributed by atoms with Gasteiger partial charge in [0.1, 0.15) is 6.10 Å². The third-order valence-corrected chi connectivity index (χ3v) is 7.17. The van der Waals surface area contributed by atoms with Crippen LogP contribution in [0.1, 0.15) is 83.5 Å². The highest BCUT2D eigenvalue weighted by atomic mass is 32.2. The molecule has 1 N–H and O–H groups in total. The van der Waals surface area contributed by atoms with E-state index in [1.165, 1.54) is 0 Å². The zero-order valence-corrected chi connectivity index (χ0v) is 17.5. The first kappa shape index (κ1) is 21.9. The van der Waals surface area contributed by atoms with Crippen LogP contribution in [0.4, 0.5) is 0 Å². The molecular formula is C20H31NO5S. The highest BCUT2D eigenvalue weighted by Gasteiger charge is 2.31. The van der Waals surface area contributed by atoms with Crippen molar-refractivity contribution in [3.8, 4) is 0 Å². The second-order valence-electron chi connectivity index (χ2n) is 7.95. The summed E-state index contributed by atoms with van der Waals surface area (Å²) in [7, 11) is -3.68. The summed E-state index contributed by atoms with van der Waals surface area (Å²) in [5.41, 5.74) is 1.86. The van der Waals surface area contributed by atoms with Crippen LogP contribution < -0.4 is 0 Å². The molecule has 6 nitrogen and oxygen atoms in total. The minimum absolute atomic E-state index is 0.226. The number of oxime groups is 1. The Balaban J connectivity index is 2.10. The Morgan fingerprint density at radius 1 is 1.22 bits per heavy atom. The summed E-state index contributed by atoms with van der Waals surface area (Å²) in [6.45, 7) is 7.81. The van der Waals surface area contributed by atoms with E-state index in [0.717, 1.165) is 36.8 Å². The Labute approximate surface area is 162 Å². The summed E-state index contributed by atoms with van der Waals surface area (Å²) in [6, 6.07) is 7.34. The minimum atomic E-state index is -3.68. The highest BCUT2D eigenvalue weighted by Crippen LogP contribution is 2.38. The zero-order chi connectivity index (χ0) is 20.1. The van der Waals surface area contributed by atoms with Crippen molar-refractivity contribution in [1.82, 2.24) is 0 Å². The van der Waals surface area contributed by atoms with Crippen molar-refractivity contribution in [1.29, 1.82) is 0 Å². The van der Waals surface area contributed by atoms with E-state index in [1.807, 2.05) is 45.0 Å². The van der Waals surface area contributed by atoms with Gasteiger partial charge in [0.15, 0.2) is 0 Å². The Morgan fingerprint density at radius 2 is 1.81 bits per heavy atom. The van der Waals surface area contributed by atoms with Gasteiger partial charge in [0.25, 0.3) is 0 Å². The van der Waals surface area contributed by atoms with Gasteiger partial charge in [-0.2, -0.15) is 8.42 Å². The Bertz CT molecular complexity index is 734. The topological polar surface area (TPSA) is 85.2 Å². The fourth-order valence-electron chi connectivity index (χ4n) is 3.31. The van der Waals surface area contributed by atoms with Crippen LogP contribution in [0.25, 0.3) is 0 Å². The molecule has 1 aromatic rings. The molecule has 0 heterocycles. The molecule has 1 atom stereocenters. The van der Waals surface area contributed by atoms with Crippen LogP contribution in [0.3, 0.4) is 0 Å². The van der Waals surface area contributed by atoms with Crippen LogP contribution >= 0.6 is 0 Å². The lowest BCUT2D eigenvalue weighted by atomic mass is 9.80. The molecular weight excluding hydrogens is 366 g/mol. The number of hydrogen-bond acceptors (Lipinski definition) is 6. The van der Waals surface area contributed by atoms with Gasteiger partial charge in [0.05, 0.1) is 11.0 Å². The van der Waals surface area contributed by atoms with Crippen LogP contribution in [-0.4, -0.2) is 24.6 Å². The van der Waals surface area contributed by atoms with E-state index in [0.29, 0.717) is 18.6 Å². The molecule has 0 aliphatic heterocycles. The first-order chi connectivity index (χ1) is 12.7. The van der Waals surface area contributed by atoms with Crippen molar-refractivity contribution in [3.05, 3.63) is 35.4 Å². The molecule has 1 saturated carbocycles. The first-order valence-corrected chi connectivity index (χ1v) is 11.1. The highest BCUT2D eigenvalue weighted by molar-refractivity contribution is 7.87. The smallest absolute Gasteiger partial charge is 0.268 e. The van der Waals surface area contributed by atoms with Gasteiger partial charge in [-0.25, -0.2) is 4.89 Å². The van der Waals surface area contributed by atoms with Crippen LogP contribution in [0, 0.1) is 5.41 Å². The van der Waals surface area contributed by atoms with E-state index in [4.69, 9.17) is 9.17 Å². The third-order valence-electron chi connectivity index (χ3n) is 5.60. The lowest BCUT2D eigenvalue weighted by molar-refractivity contribution is -0.305. The van der Waals surface area contributed by atoms with E-state index in [1.54, 1.807) is 6.92 Å². The van der Waals surface area contributed by atoms with Gasteiger partial charge in [-0.05, 0) is 42.7 Å². The van der Waals surface area contributed by atoms with E-state index in [-0.39, 0.29) is 5.41 Å². The molecule has 1 aliphatic rings. The summed E-state index contributed by atoms with van der Waals surface area (Å²) in [4.78, 5) is 4.72. The van der Waals surface area contributed by atoms with Crippen molar-refractivity contribution in [2.75, 3.05) is 0 Å². The molecule has 2 rings (SSSR count). The quantitative estimate of drug-likeness (QED) is 0.377. The molecule has 7 heteroatoms. The average Bonchev–Trinajstić information content (AvgIpc) is 2.68. The van der Waals surface area contributed by atoms with E-state index in [2.05, 4.69) is 5.16 Å². The summed E-state index contributed by atoms with van der Waals surface area (Å²) >= 11 is 0. The van der Waals surface area contributed by atoms with Crippen LogP contribution in [-0.2, 0) is 19.3 Å². The number of benzene rings is 1. The second kappa shape index (κ2) is 9.17. The van der Waals surface area contributed by atoms with E-state index >= 15 is 0 Å². The maximum atomic E-state index is 12.3. The van der Waals surface area contributed by atoms with Gasteiger partial charge in [0, 0.05) is 0 Å². The van der Waals surface area contributed by atoms with Gasteiger partial charge in [-0.1, -0.05) is 69.5 Å². The molecule has 0 spiro atoms. The van der Waals surface area contributed by atoms with Crippen molar-refractivity contribution < 1.29 is 22.8 Å². The fourth-order valence-corrected chi connectivity index (χ4v) is 4.56. The standard InChI is InChI=1S/C20H31NO5S/c1-5-20(3,4)19(25-22)17-13-11-16(12-14-17)15(2)21-26-27(23,24)18-9-7-6-8-10-18/h11-14,18-19,22H,5-10H2,1-4H3/b21-15-. The van der Waals surface area contributed by atoms with Crippen molar-refractivity contribution in [3.63, 3.8) is 0 Å². The summed E-state index contributed by atoms with van der Waals surface area (Å²) in [5.74, 6) is 0. The number of rotatable bonds is 8. The molecule has 27 heavy (non-hydrogen) atoms. The maximum Gasteiger partial charge on any atom is 0.331 e. The molecule has 0 amide bonds. The predicted octanol–water partition coefficient (Wildman–Crippen LogP) is 5.06. The lowest BCUT2D eigenvalue weighted by Crippen LogP contribution is -2.25. The minimum Gasteiger partial charge on any atom is -0.268 e. The Hall–Kier alpha value is -1.44. The van der Waals surface area contributed by atoms with Gasteiger partial charge >= 0.3 is 10.1 Å². The van der Waals surface area contributed by atoms with Gasteiger partial charge in [-0.15, -0.1) is 0 Å². The molecule has 1 fully saturated rings. The fraction of sp³-hybridized carbons (Fsp3) is 0.650. The van der Waals surface area contributed by atoms with Crippen LogP contribution in [0.2, 0.25) is 0 Å². The van der Waals surface area contributed by atoms with Crippen molar-refractivity contribution in [2.45, 2.75) is 77.6 Å². The van der Waals surface area contributed by atoms with Crippen LogP contribution in [0.5, 0.6) is 0 Å². The van der Waals surface area contributed by atoms with Crippen molar-refractivity contribution in [2.24, 2.45) is 10.6 Å².